The van der Waals surface area contributed by atoms with Gasteiger partial charge in [-0.1, -0.05) is 23.8 Å². The van der Waals surface area contributed by atoms with Crippen molar-refractivity contribution in [1.29, 1.82) is 0 Å². The van der Waals surface area contributed by atoms with Crippen LogP contribution in [0.3, 0.4) is 0 Å². The molecule has 0 saturated carbocycles. The van der Waals surface area contributed by atoms with Crippen molar-refractivity contribution in [1.82, 2.24) is 5.32 Å². The van der Waals surface area contributed by atoms with Gasteiger partial charge < -0.3 is 10.1 Å². The van der Waals surface area contributed by atoms with Gasteiger partial charge in [0.2, 0.25) is 0 Å². The summed E-state index contributed by atoms with van der Waals surface area (Å²) in [5.74, 6) is 0. The van der Waals surface area contributed by atoms with Gasteiger partial charge in [-0.05, 0) is 30.9 Å². The first-order chi connectivity index (χ1) is 7.31. The van der Waals surface area contributed by atoms with Gasteiger partial charge in [0.1, 0.15) is 0 Å². The number of hydrogen-bond donors (Lipinski definition) is 1. The van der Waals surface area contributed by atoms with E-state index in [9.17, 15) is 0 Å². The third-order valence-electron chi connectivity index (χ3n) is 3.08. The van der Waals surface area contributed by atoms with Gasteiger partial charge in [0.25, 0.3) is 0 Å². The lowest BCUT2D eigenvalue weighted by molar-refractivity contribution is 0.195. The van der Waals surface area contributed by atoms with Crippen molar-refractivity contribution < 1.29 is 4.74 Å². The van der Waals surface area contributed by atoms with Crippen molar-refractivity contribution in [2.45, 2.75) is 25.8 Å². The highest BCUT2D eigenvalue weighted by atomic mass is 16.5. The first-order valence-corrected chi connectivity index (χ1v) is 5.63. The Hall–Kier alpha value is -0.860. The van der Waals surface area contributed by atoms with E-state index in [1.165, 1.54) is 29.5 Å². The summed E-state index contributed by atoms with van der Waals surface area (Å²) in [6.45, 7) is 3.89. The van der Waals surface area contributed by atoms with Gasteiger partial charge >= 0.3 is 0 Å². The summed E-state index contributed by atoms with van der Waals surface area (Å²) in [6, 6.07) is 7.32. The summed E-state index contributed by atoms with van der Waals surface area (Å²) in [7, 11) is 1.74. The van der Waals surface area contributed by atoms with Crippen molar-refractivity contribution in [3.8, 4) is 0 Å². The minimum Gasteiger partial charge on any atom is -0.383 e. The Balaban J connectivity index is 2.03. The lowest BCUT2D eigenvalue weighted by Gasteiger charge is -2.14. The van der Waals surface area contributed by atoms with Crippen molar-refractivity contribution in [3.63, 3.8) is 0 Å². The predicted octanol–water partition coefficient (Wildman–Crippen LogP) is 2.22. The zero-order valence-electron chi connectivity index (χ0n) is 9.55. The molecule has 2 rings (SSSR count). The lowest BCUT2D eigenvalue weighted by atomic mass is 10.1. The molecule has 0 unspecified atom stereocenters. The summed E-state index contributed by atoms with van der Waals surface area (Å²) in [5, 5.41) is 3.54. The number of ether oxygens (including phenoxy) is 1. The molecule has 2 heteroatoms. The maximum absolute atomic E-state index is 5.05. The van der Waals surface area contributed by atoms with Gasteiger partial charge in [-0.2, -0.15) is 0 Å². The second-order valence-corrected chi connectivity index (χ2v) is 4.24. The Morgan fingerprint density at radius 1 is 1.47 bits per heavy atom. The van der Waals surface area contributed by atoms with Crippen LogP contribution in [0.15, 0.2) is 18.2 Å². The number of benzene rings is 1. The first kappa shape index (κ1) is 10.7. The Labute approximate surface area is 91.6 Å². The highest BCUT2D eigenvalue weighted by Crippen LogP contribution is 2.31. The lowest BCUT2D eigenvalue weighted by Crippen LogP contribution is -2.23. The van der Waals surface area contributed by atoms with Crippen LogP contribution in [-0.4, -0.2) is 20.3 Å². The van der Waals surface area contributed by atoms with E-state index in [0.717, 1.165) is 13.2 Å². The molecule has 0 amide bonds. The molecule has 1 aromatic rings. The second kappa shape index (κ2) is 4.77. The van der Waals surface area contributed by atoms with Crippen LogP contribution in [-0.2, 0) is 11.2 Å². The predicted molar refractivity (Wildman–Crippen MR) is 62.1 cm³/mol. The Kier molecular flexibility index (Phi) is 3.39. The average Bonchev–Trinajstić information content (AvgIpc) is 2.62. The summed E-state index contributed by atoms with van der Waals surface area (Å²) in [6.07, 6.45) is 2.43. The molecule has 0 spiro atoms. The van der Waals surface area contributed by atoms with E-state index in [2.05, 4.69) is 30.4 Å². The molecular weight excluding hydrogens is 186 g/mol. The quantitative estimate of drug-likeness (QED) is 0.761. The molecule has 0 radical (unpaired) electrons. The van der Waals surface area contributed by atoms with Crippen molar-refractivity contribution in [2.24, 2.45) is 0 Å². The van der Waals surface area contributed by atoms with Crippen molar-refractivity contribution in [3.05, 3.63) is 34.9 Å². The molecule has 0 fully saturated rings. The zero-order valence-corrected chi connectivity index (χ0v) is 9.55. The fraction of sp³-hybridized carbons (Fsp3) is 0.538. The highest BCUT2D eigenvalue weighted by Gasteiger charge is 2.21. The Morgan fingerprint density at radius 3 is 3.13 bits per heavy atom. The minimum absolute atomic E-state index is 0.537. The molecule has 0 aromatic heterocycles. The molecule has 1 N–H and O–H groups in total. The molecule has 15 heavy (non-hydrogen) atoms. The maximum Gasteiger partial charge on any atom is 0.0587 e. The number of nitrogens with one attached hydrogen (secondary N) is 1. The van der Waals surface area contributed by atoms with E-state index in [-0.39, 0.29) is 0 Å². The van der Waals surface area contributed by atoms with Crippen LogP contribution in [0, 0.1) is 6.92 Å². The van der Waals surface area contributed by atoms with Gasteiger partial charge in [-0.15, -0.1) is 0 Å². The van der Waals surface area contributed by atoms with Gasteiger partial charge in [0.15, 0.2) is 0 Å². The third kappa shape index (κ3) is 2.39. The van der Waals surface area contributed by atoms with Gasteiger partial charge in [-0.25, -0.2) is 0 Å². The second-order valence-electron chi connectivity index (χ2n) is 4.24. The van der Waals surface area contributed by atoms with Crippen LogP contribution in [0.5, 0.6) is 0 Å². The molecule has 1 aromatic carbocycles. The van der Waals surface area contributed by atoms with E-state index in [0.29, 0.717) is 6.04 Å². The third-order valence-corrected chi connectivity index (χ3v) is 3.08. The molecule has 82 valence electrons. The van der Waals surface area contributed by atoms with Crippen LogP contribution in [0.2, 0.25) is 0 Å². The van der Waals surface area contributed by atoms with Gasteiger partial charge in [0, 0.05) is 19.7 Å². The van der Waals surface area contributed by atoms with E-state index >= 15 is 0 Å². The van der Waals surface area contributed by atoms with Crippen LogP contribution in [0.1, 0.15) is 29.2 Å². The fourth-order valence-corrected chi connectivity index (χ4v) is 2.27. The Bertz CT molecular complexity index is 335. The largest absolute Gasteiger partial charge is 0.383 e. The SMILES string of the molecule is COCCN[C@H]1CCc2ccc(C)cc21. The minimum atomic E-state index is 0.537. The number of methoxy groups -OCH3 is 1. The number of fused-ring (bicyclic) bond motifs is 1. The van der Waals surface area contributed by atoms with E-state index in [1.54, 1.807) is 7.11 Å². The number of rotatable bonds is 4. The molecule has 0 aliphatic heterocycles. The van der Waals surface area contributed by atoms with Gasteiger partial charge in [-0.3, -0.25) is 0 Å². The van der Waals surface area contributed by atoms with E-state index in [1.807, 2.05) is 0 Å². The number of hydrogen-bond acceptors (Lipinski definition) is 2. The van der Waals surface area contributed by atoms with Crippen LogP contribution < -0.4 is 5.32 Å². The molecule has 0 heterocycles. The Morgan fingerprint density at radius 2 is 2.33 bits per heavy atom. The molecule has 1 atom stereocenters. The number of aryl methyl sites for hydroxylation is 2. The van der Waals surface area contributed by atoms with Crippen LogP contribution in [0.4, 0.5) is 0 Å². The van der Waals surface area contributed by atoms with Crippen molar-refractivity contribution in [2.75, 3.05) is 20.3 Å². The topological polar surface area (TPSA) is 21.3 Å². The molecule has 1 aliphatic rings. The van der Waals surface area contributed by atoms with E-state index in [4.69, 9.17) is 4.74 Å². The average molecular weight is 205 g/mol. The molecule has 0 bridgehead atoms. The molecule has 1 aliphatic carbocycles. The molecule has 0 saturated heterocycles. The normalized spacial score (nSPS) is 19.2. The summed E-state index contributed by atoms with van der Waals surface area (Å²) >= 11 is 0. The monoisotopic (exact) mass is 205 g/mol. The zero-order chi connectivity index (χ0) is 10.7. The maximum atomic E-state index is 5.05. The molecular formula is C13H19NO. The molecule has 2 nitrogen and oxygen atoms in total. The van der Waals surface area contributed by atoms with Gasteiger partial charge in [0.05, 0.1) is 6.61 Å². The van der Waals surface area contributed by atoms with Crippen molar-refractivity contribution >= 4 is 0 Å². The van der Waals surface area contributed by atoms with Crippen LogP contribution in [0.25, 0.3) is 0 Å². The summed E-state index contributed by atoms with van der Waals surface area (Å²) in [5.41, 5.74) is 4.36. The smallest absolute Gasteiger partial charge is 0.0587 e. The standard InChI is InChI=1S/C13H19NO/c1-10-3-4-11-5-6-13(12(11)9-10)14-7-8-15-2/h3-4,9,13-14H,5-8H2,1-2H3/t13-/m0/s1. The van der Waals surface area contributed by atoms with Crippen LogP contribution >= 0.6 is 0 Å². The fourth-order valence-electron chi connectivity index (χ4n) is 2.27. The highest BCUT2D eigenvalue weighted by molar-refractivity contribution is 5.37. The first-order valence-electron chi connectivity index (χ1n) is 5.63. The summed E-state index contributed by atoms with van der Waals surface area (Å²) < 4.78 is 5.05. The summed E-state index contributed by atoms with van der Waals surface area (Å²) in [4.78, 5) is 0. The van der Waals surface area contributed by atoms with E-state index < -0.39 is 0 Å².